The standard InChI is InChI=1S/C18H15ClN2O3S2/c19-13-6-2-1-5-12(13)9-20-16(22)10-24-17(23)11-25-18-21-14-7-3-4-8-15(14)26-18/h1-8H,9-11H2,(H,20,22). The van der Waals surface area contributed by atoms with E-state index in [0.717, 1.165) is 20.1 Å². The monoisotopic (exact) mass is 406 g/mol. The van der Waals surface area contributed by atoms with Gasteiger partial charge in [-0.1, -0.05) is 53.7 Å². The lowest BCUT2D eigenvalue weighted by atomic mass is 10.2. The number of nitrogens with zero attached hydrogens (tertiary/aromatic N) is 1. The SMILES string of the molecule is O=C(COC(=O)CSc1nc2ccccc2s1)NCc1ccccc1Cl. The maximum atomic E-state index is 11.8. The average molecular weight is 407 g/mol. The molecule has 1 amide bonds. The Morgan fingerprint density at radius 2 is 1.92 bits per heavy atom. The Labute approximate surface area is 163 Å². The van der Waals surface area contributed by atoms with Crippen LogP contribution in [0.3, 0.4) is 0 Å². The topological polar surface area (TPSA) is 68.3 Å². The molecule has 0 unspecified atom stereocenters. The third kappa shape index (κ3) is 5.20. The lowest BCUT2D eigenvalue weighted by Crippen LogP contribution is -2.28. The minimum absolute atomic E-state index is 0.109. The van der Waals surface area contributed by atoms with Gasteiger partial charge in [-0.3, -0.25) is 9.59 Å². The number of esters is 1. The predicted octanol–water partition coefficient (Wildman–Crippen LogP) is 3.90. The molecule has 8 heteroatoms. The summed E-state index contributed by atoms with van der Waals surface area (Å²) in [5.74, 6) is -0.720. The van der Waals surface area contributed by atoms with Gasteiger partial charge in [-0.15, -0.1) is 11.3 Å². The summed E-state index contributed by atoms with van der Waals surface area (Å²) in [4.78, 5) is 28.0. The van der Waals surface area contributed by atoms with E-state index in [-0.39, 0.29) is 24.8 Å². The van der Waals surface area contributed by atoms with E-state index in [1.807, 2.05) is 42.5 Å². The number of halogens is 1. The van der Waals surface area contributed by atoms with E-state index in [0.29, 0.717) is 5.02 Å². The lowest BCUT2D eigenvalue weighted by molar-refractivity contribution is -0.145. The van der Waals surface area contributed by atoms with E-state index < -0.39 is 5.97 Å². The maximum absolute atomic E-state index is 11.8. The zero-order valence-electron chi connectivity index (χ0n) is 13.6. The minimum Gasteiger partial charge on any atom is -0.455 e. The van der Waals surface area contributed by atoms with Gasteiger partial charge in [0.15, 0.2) is 10.9 Å². The molecule has 0 bridgehead atoms. The molecule has 3 rings (SSSR count). The number of nitrogens with one attached hydrogen (secondary N) is 1. The van der Waals surface area contributed by atoms with Gasteiger partial charge >= 0.3 is 5.97 Å². The predicted molar refractivity (Wildman–Crippen MR) is 105 cm³/mol. The smallest absolute Gasteiger partial charge is 0.316 e. The molecule has 5 nitrogen and oxygen atoms in total. The molecule has 0 aliphatic carbocycles. The molecule has 1 aromatic heterocycles. The number of rotatable bonds is 7. The Kier molecular flexibility index (Phi) is 6.49. The highest BCUT2D eigenvalue weighted by atomic mass is 35.5. The van der Waals surface area contributed by atoms with Crippen molar-refractivity contribution >= 4 is 56.8 Å². The van der Waals surface area contributed by atoms with Crippen LogP contribution in [0.1, 0.15) is 5.56 Å². The highest BCUT2D eigenvalue weighted by Gasteiger charge is 2.11. The summed E-state index contributed by atoms with van der Waals surface area (Å²) in [6, 6.07) is 15.0. The van der Waals surface area contributed by atoms with Crippen molar-refractivity contribution in [2.45, 2.75) is 10.9 Å². The van der Waals surface area contributed by atoms with Gasteiger partial charge < -0.3 is 10.1 Å². The molecule has 0 spiro atoms. The van der Waals surface area contributed by atoms with Crippen LogP contribution in [0.5, 0.6) is 0 Å². The normalized spacial score (nSPS) is 10.7. The fourth-order valence-corrected chi connectivity index (χ4v) is 4.18. The van der Waals surface area contributed by atoms with Crippen LogP contribution in [0.15, 0.2) is 52.9 Å². The number of aromatic nitrogens is 1. The number of ether oxygens (including phenoxy) is 1. The lowest BCUT2D eigenvalue weighted by Gasteiger charge is -2.07. The van der Waals surface area contributed by atoms with E-state index in [4.69, 9.17) is 16.3 Å². The number of fused-ring (bicyclic) bond motifs is 1. The molecule has 0 atom stereocenters. The van der Waals surface area contributed by atoms with Crippen molar-refractivity contribution in [3.63, 3.8) is 0 Å². The van der Waals surface area contributed by atoms with Gasteiger partial charge in [-0.2, -0.15) is 0 Å². The second kappa shape index (κ2) is 9.02. The molecule has 2 aromatic carbocycles. The van der Waals surface area contributed by atoms with Gasteiger partial charge in [0, 0.05) is 11.6 Å². The fraction of sp³-hybridized carbons (Fsp3) is 0.167. The Hall–Kier alpha value is -2.09. The molecule has 0 saturated heterocycles. The van der Waals surface area contributed by atoms with Gasteiger partial charge in [0.05, 0.1) is 16.0 Å². The fourth-order valence-electron chi connectivity index (χ4n) is 2.11. The summed E-state index contributed by atoms with van der Waals surface area (Å²) in [5, 5.41) is 3.25. The Morgan fingerprint density at radius 3 is 2.73 bits per heavy atom. The molecule has 1 heterocycles. The highest BCUT2D eigenvalue weighted by molar-refractivity contribution is 8.01. The number of para-hydroxylation sites is 1. The van der Waals surface area contributed by atoms with E-state index >= 15 is 0 Å². The van der Waals surface area contributed by atoms with Gasteiger partial charge in [0.2, 0.25) is 0 Å². The van der Waals surface area contributed by atoms with Crippen LogP contribution in [0.25, 0.3) is 10.2 Å². The zero-order chi connectivity index (χ0) is 18.4. The number of hydrogen-bond acceptors (Lipinski definition) is 6. The first-order chi connectivity index (χ1) is 12.6. The average Bonchev–Trinajstić information content (AvgIpc) is 3.07. The molecular weight excluding hydrogens is 392 g/mol. The van der Waals surface area contributed by atoms with E-state index in [2.05, 4.69) is 10.3 Å². The van der Waals surface area contributed by atoms with Crippen molar-refractivity contribution < 1.29 is 14.3 Å². The summed E-state index contributed by atoms with van der Waals surface area (Å²) in [6.07, 6.45) is 0. The van der Waals surface area contributed by atoms with Crippen LogP contribution in [-0.2, 0) is 20.9 Å². The van der Waals surface area contributed by atoms with Crippen molar-refractivity contribution in [1.29, 1.82) is 0 Å². The molecule has 0 saturated carbocycles. The summed E-state index contributed by atoms with van der Waals surface area (Å²) < 4.78 is 6.86. The molecule has 1 N–H and O–H groups in total. The van der Waals surface area contributed by atoms with Crippen LogP contribution in [0, 0.1) is 0 Å². The molecule has 0 fully saturated rings. The second-order valence-corrected chi connectivity index (χ2v) is 7.93. The van der Waals surface area contributed by atoms with Crippen molar-refractivity contribution in [3.8, 4) is 0 Å². The van der Waals surface area contributed by atoms with Crippen LogP contribution in [0.4, 0.5) is 0 Å². The largest absolute Gasteiger partial charge is 0.455 e. The Bertz CT molecular complexity index is 896. The van der Waals surface area contributed by atoms with Gasteiger partial charge in [-0.25, -0.2) is 4.98 Å². The number of carbonyl (C=O) groups excluding carboxylic acids is 2. The van der Waals surface area contributed by atoms with Gasteiger partial charge in [0.25, 0.3) is 5.91 Å². The summed E-state index contributed by atoms with van der Waals surface area (Å²) in [5.41, 5.74) is 1.72. The second-order valence-electron chi connectivity index (χ2n) is 5.26. The van der Waals surface area contributed by atoms with Gasteiger partial charge in [-0.05, 0) is 23.8 Å². The summed E-state index contributed by atoms with van der Waals surface area (Å²) >= 11 is 8.84. The molecule has 0 radical (unpaired) electrons. The van der Waals surface area contributed by atoms with E-state index in [1.165, 1.54) is 23.1 Å². The number of thiazole rings is 1. The number of thioether (sulfide) groups is 1. The first kappa shape index (κ1) is 18.7. The number of hydrogen-bond donors (Lipinski definition) is 1. The van der Waals surface area contributed by atoms with Crippen molar-refractivity contribution in [2.24, 2.45) is 0 Å². The van der Waals surface area contributed by atoms with Crippen LogP contribution in [-0.4, -0.2) is 29.2 Å². The zero-order valence-corrected chi connectivity index (χ0v) is 16.0. The van der Waals surface area contributed by atoms with E-state index in [9.17, 15) is 9.59 Å². The first-order valence-electron chi connectivity index (χ1n) is 7.76. The van der Waals surface area contributed by atoms with Crippen molar-refractivity contribution in [3.05, 3.63) is 59.1 Å². The van der Waals surface area contributed by atoms with Crippen LogP contribution < -0.4 is 5.32 Å². The molecule has 0 aliphatic heterocycles. The van der Waals surface area contributed by atoms with Crippen molar-refractivity contribution in [1.82, 2.24) is 10.3 Å². The third-order valence-electron chi connectivity index (χ3n) is 3.39. The maximum Gasteiger partial charge on any atom is 0.316 e. The van der Waals surface area contributed by atoms with E-state index in [1.54, 1.807) is 6.07 Å². The third-order valence-corrected chi connectivity index (χ3v) is 5.91. The van der Waals surface area contributed by atoms with Gasteiger partial charge in [0.1, 0.15) is 0 Å². The first-order valence-corrected chi connectivity index (χ1v) is 9.94. The van der Waals surface area contributed by atoms with Crippen LogP contribution in [0.2, 0.25) is 5.02 Å². The molecule has 134 valence electrons. The Morgan fingerprint density at radius 1 is 1.15 bits per heavy atom. The summed E-state index contributed by atoms with van der Waals surface area (Å²) in [7, 11) is 0. The quantitative estimate of drug-likeness (QED) is 0.476. The molecule has 0 aliphatic rings. The molecular formula is C18H15ClN2O3S2. The highest BCUT2D eigenvalue weighted by Crippen LogP contribution is 2.29. The Balaban J connectivity index is 1.39. The number of carbonyl (C=O) groups is 2. The van der Waals surface area contributed by atoms with Crippen molar-refractivity contribution in [2.75, 3.05) is 12.4 Å². The number of benzene rings is 2. The minimum atomic E-state index is -0.456. The summed E-state index contributed by atoms with van der Waals surface area (Å²) in [6.45, 7) is -0.0276. The molecule has 3 aromatic rings. The number of amides is 1. The van der Waals surface area contributed by atoms with Crippen LogP contribution >= 0.6 is 34.7 Å². The molecule has 26 heavy (non-hydrogen) atoms.